The standard InChI is InChI=1S/C10H8F2N4S/c11-6-5-7(12)10(15-9(6)16-13)17-8-3-1-2-4-14-8/h1-5H,13H2,(H,15,16). The van der Waals surface area contributed by atoms with Gasteiger partial charge in [0, 0.05) is 12.3 Å². The molecule has 0 fully saturated rings. The van der Waals surface area contributed by atoms with Gasteiger partial charge in [-0.05, 0) is 23.9 Å². The number of hydrogen-bond acceptors (Lipinski definition) is 5. The van der Waals surface area contributed by atoms with Gasteiger partial charge >= 0.3 is 0 Å². The Bertz CT molecular complexity index is 521. The predicted octanol–water partition coefficient (Wildman–Crippen LogP) is 2.19. The summed E-state index contributed by atoms with van der Waals surface area (Å²) in [5.74, 6) is 3.27. The Morgan fingerprint density at radius 1 is 1.24 bits per heavy atom. The molecule has 0 spiro atoms. The summed E-state index contributed by atoms with van der Waals surface area (Å²) >= 11 is 0.993. The fourth-order valence-electron chi connectivity index (χ4n) is 1.13. The Morgan fingerprint density at radius 3 is 2.71 bits per heavy atom. The van der Waals surface area contributed by atoms with E-state index in [2.05, 4.69) is 15.4 Å². The molecule has 0 aliphatic rings. The van der Waals surface area contributed by atoms with Crippen molar-refractivity contribution in [3.8, 4) is 0 Å². The number of nitrogens with one attached hydrogen (secondary N) is 1. The van der Waals surface area contributed by atoms with Crippen LogP contribution in [0.25, 0.3) is 0 Å². The highest BCUT2D eigenvalue weighted by Gasteiger charge is 2.12. The summed E-state index contributed by atoms with van der Waals surface area (Å²) in [5.41, 5.74) is 2.06. The molecule has 0 aliphatic carbocycles. The number of hydrazine groups is 1. The second kappa shape index (κ2) is 5.07. The maximum absolute atomic E-state index is 13.4. The second-order valence-electron chi connectivity index (χ2n) is 3.02. The number of nitrogens with two attached hydrogens (primary N) is 1. The van der Waals surface area contributed by atoms with Crippen LogP contribution < -0.4 is 11.3 Å². The molecule has 0 aromatic carbocycles. The first-order valence-corrected chi connectivity index (χ1v) is 5.44. The summed E-state index contributed by atoms with van der Waals surface area (Å²) in [6.45, 7) is 0. The van der Waals surface area contributed by atoms with E-state index < -0.39 is 11.6 Å². The molecule has 0 saturated carbocycles. The van der Waals surface area contributed by atoms with Crippen LogP contribution in [0.2, 0.25) is 0 Å². The van der Waals surface area contributed by atoms with Crippen LogP contribution in [-0.2, 0) is 0 Å². The molecule has 3 N–H and O–H groups in total. The fraction of sp³-hybridized carbons (Fsp3) is 0. The Kier molecular flexibility index (Phi) is 3.50. The van der Waals surface area contributed by atoms with Crippen molar-refractivity contribution in [2.24, 2.45) is 5.84 Å². The maximum Gasteiger partial charge on any atom is 0.177 e. The molecule has 0 amide bonds. The largest absolute Gasteiger partial charge is 0.306 e. The minimum Gasteiger partial charge on any atom is -0.306 e. The zero-order valence-electron chi connectivity index (χ0n) is 8.52. The molecule has 0 atom stereocenters. The molecule has 0 aliphatic heterocycles. The molecule has 2 aromatic heterocycles. The number of nitrogens with zero attached hydrogens (tertiary/aromatic N) is 2. The highest BCUT2D eigenvalue weighted by Crippen LogP contribution is 2.28. The molecule has 2 rings (SSSR count). The van der Waals surface area contributed by atoms with Crippen LogP contribution in [0.15, 0.2) is 40.5 Å². The van der Waals surface area contributed by atoms with E-state index in [0.717, 1.165) is 17.8 Å². The van der Waals surface area contributed by atoms with E-state index in [1.165, 1.54) is 0 Å². The van der Waals surface area contributed by atoms with Crippen molar-refractivity contribution in [3.05, 3.63) is 42.1 Å². The number of hydrogen-bond donors (Lipinski definition) is 2. The van der Waals surface area contributed by atoms with E-state index >= 15 is 0 Å². The van der Waals surface area contributed by atoms with Crippen LogP contribution in [-0.4, -0.2) is 9.97 Å². The monoisotopic (exact) mass is 254 g/mol. The molecule has 0 unspecified atom stereocenters. The first-order valence-electron chi connectivity index (χ1n) is 4.62. The van der Waals surface area contributed by atoms with Crippen molar-refractivity contribution >= 4 is 17.6 Å². The number of halogens is 2. The van der Waals surface area contributed by atoms with Crippen LogP contribution in [0.4, 0.5) is 14.6 Å². The summed E-state index contributed by atoms with van der Waals surface area (Å²) < 4.78 is 26.5. The first-order chi connectivity index (χ1) is 8.20. The van der Waals surface area contributed by atoms with Crippen molar-refractivity contribution in [2.45, 2.75) is 10.1 Å². The second-order valence-corrected chi connectivity index (χ2v) is 4.03. The van der Waals surface area contributed by atoms with Gasteiger partial charge in [-0.2, -0.15) is 0 Å². The topological polar surface area (TPSA) is 63.8 Å². The van der Waals surface area contributed by atoms with Gasteiger partial charge in [-0.25, -0.2) is 24.6 Å². The Balaban J connectivity index is 2.33. The van der Waals surface area contributed by atoms with E-state index in [1.807, 2.05) is 0 Å². The van der Waals surface area contributed by atoms with Crippen LogP contribution in [0.1, 0.15) is 0 Å². The number of nitrogen functional groups attached to an aromatic ring is 1. The minimum atomic E-state index is -0.838. The molecule has 4 nitrogen and oxygen atoms in total. The van der Waals surface area contributed by atoms with Crippen LogP contribution in [0, 0.1) is 11.6 Å². The lowest BCUT2D eigenvalue weighted by molar-refractivity contribution is 0.551. The summed E-state index contributed by atoms with van der Waals surface area (Å²) in [6, 6.07) is 5.93. The van der Waals surface area contributed by atoms with Gasteiger partial charge in [-0.15, -0.1) is 0 Å². The van der Waals surface area contributed by atoms with Gasteiger partial charge in [0.25, 0.3) is 0 Å². The van der Waals surface area contributed by atoms with Gasteiger partial charge in [0.15, 0.2) is 17.5 Å². The van der Waals surface area contributed by atoms with Crippen molar-refractivity contribution in [1.82, 2.24) is 9.97 Å². The third-order valence-electron chi connectivity index (χ3n) is 1.87. The van der Waals surface area contributed by atoms with Gasteiger partial charge in [0.2, 0.25) is 0 Å². The van der Waals surface area contributed by atoms with Crippen molar-refractivity contribution in [2.75, 3.05) is 5.43 Å². The van der Waals surface area contributed by atoms with Gasteiger partial charge in [0.05, 0.1) is 0 Å². The molecule has 0 bridgehead atoms. The summed E-state index contributed by atoms with van der Waals surface area (Å²) in [4.78, 5) is 7.73. The lowest BCUT2D eigenvalue weighted by Crippen LogP contribution is -2.11. The maximum atomic E-state index is 13.4. The Labute approximate surface area is 100 Å². The average molecular weight is 254 g/mol. The zero-order valence-corrected chi connectivity index (χ0v) is 9.34. The smallest absolute Gasteiger partial charge is 0.177 e. The van der Waals surface area contributed by atoms with E-state index in [1.54, 1.807) is 24.4 Å². The minimum absolute atomic E-state index is 0.0121. The molecule has 88 valence electrons. The Hall–Kier alpha value is -1.73. The summed E-state index contributed by atoms with van der Waals surface area (Å²) in [7, 11) is 0. The van der Waals surface area contributed by atoms with Crippen molar-refractivity contribution in [1.29, 1.82) is 0 Å². The summed E-state index contributed by atoms with van der Waals surface area (Å²) in [6.07, 6.45) is 1.58. The number of aromatic nitrogens is 2. The lowest BCUT2D eigenvalue weighted by Gasteiger charge is -2.05. The van der Waals surface area contributed by atoms with Crippen molar-refractivity contribution < 1.29 is 8.78 Å². The van der Waals surface area contributed by atoms with Gasteiger partial charge < -0.3 is 5.43 Å². The number of anilines is 1. The molecule has 2 aromatic rings. The normalized spacial score (nSPS) is 10.3. The zero-order chi connectivity index (χ0) is 12.3. The van der Waals surface area contributed by atoms with Crippen LogP contribution >= 0.6 is 11.8 Å². The van der Waals surface area contributed by atoms with Gasteiger partial charge in [-0.3, -0.25) is 0 Å². The summed E-state index contributed by atoms with van der Waals surface area (Å²) in [5, 5.41) is 0.575. The van der Waals surface area contributed by atoms with Gasteiger partial charge in [-0.1, -0.05) is 6.07 Å². The lowest BCUT2D eigenvalue weighted by atomic mass is 10.4. The fourth-order valence-corrected chi connectivity index (χ4v) is 1.88. The first kappa shape index (κ1) is 11.7. The molecule has 0 radical (unpaired) electrons. The highest BCUT2D eigenvalue weighted by molar-refractivity contribution is 7.99. The quantitative estimate of drug-likeness (QED) is 0.649. The molecule has 2 heterocycles. The van der Waals surface area contributed by atoms with Crippen molar-refractivity contribution in [3.63, 3.8) is 0 Å². The molecule has 17 heavy (non-hydrogen) atoms. The average Bonchev–Trinajstić information content (AvgIpc) is 2.34. The van der Waals surface area contributed by atoms with E-state index in [-0.39, 0.29) is 10.8 Å². The number of pyridine rings is 2. The van der Waals surface area contributed by atoms with Crippen LogP contribution in [0.5, 0.6) is 0 Å². The molecule has 7 heteroatoms. The van der Waals surface area contributed by atoms with E-state index in [0.29, 0.717) is 5.03 Å². The SMILES string of the molecule is NNc1nc(Sc2ccccn2)c(F)cc1F. The molecule has 0 saturated heterocycles. The van der Waals surface area contributed by atoms with Gasteiger partial charge in [0.1, 0.15) is 10.1 Å². The van der Waals surface area contributed by atoms with E-state index in [9.17, 15) is 8.78 Å². The predicted molar refractivity (Wildman–Crippen MR) is 60.3 cm³/mol. The third kappa shape index (κ3) is 2.69. The molecular formula is C10H8F2N4S. The molecular weight excluding hydrogens is 246 g/mol. The van der Waals surface area contributed by atoms with E-state index in [4.69, 9.17) is 5.84 Å². The Morgan fingerprint density at radius 2 is 2.06 bits per heavy atom. The highest BCUT2D eigenvalue weighted by atomic mass is 32.2. The third-order valence-corrected chi connectivity index (χ3v) is 2.80. The number of rotatable bonds is 3. The van der Waals surface area contributed by atoms with Crippen LogP contribution in [0.3, 0.4) is 0 Å².